The third-order valence-electron chi connectivity index (χ3n) is 3.62. The first-order valence-electron chi connectivity index (χ1n) is 6.65. The van der Waals surface area contributed by atoms with Crippen LogP contribution in [0.3, 0.4) is 0 Å². The highest BCUT2D eigenvalue weighted by atomic mass is 35.5. The largest absolute Gasteiger partial charge is 0.380 e. The average molecular weight is 299 g/mol. The molecule has 0 saturated carbocycles. The molecular formula is C17H15ClN2O. The number of nitrogens with zero attached hydrogens (tertiary/aromatic N) is 1. The summed E-state index contributed by atoms with van der Waals surface area (Å²) in [5, 5.41) is 4.59. The van der Waals surface area contributed by atoms with Gasteiger partial charge in [-0.1, -0.05) is 35.0 Å². The Morgan fingerprint density at radius 2 is 1.62 bits per heavy atom. The highest BCUT2D eigenvalue weighted by Gasteiger charge is 2.17. The number of rotatable bonds is 2. The number of hydrogen-bond donors (Lipinski definition) is 1. The Morgan fingerprint density at radius 1 is 0.952 bits per heavy atom. The molecule has 106 valence electrons. The smallest absolute Gasteiger partial charge is 0.176 e. The van der Waals surface area contributed by atoms with Gasteiger partial charge in [0.2, 0.25) is 0 Å². The molecule has 0 bridgehead atoms. The van der Waals surface area contributed by atoms with Crippen LogP contribution in [0.4, 0.5) is 5.82 Å². The lowest BCUT2D eigenvalue weighted by atomic mass is 9.98. The van der Waals surface area contributed by atoms with E-state index in [0.29, 0.717) is 16.6 Å². The lowest BCUT2D eigenvalue weighted by Crippen LogP contribution is -1.90. The van der Waals surface area contributed by atoms with Crippen LogP contribution in [0.15, 0.2) is 47.0 Å². The van der Waals surface area contributed by atoms with Crippen molar-refractivity contribution >= 4 is 17.4 Å². The van der Waals surface area contributed by atoms with Gasteiger partial charge in [-0.15, -0.1) is 0 Å². The van der Waals surface area contributed by atoms with Gasteiger partial charge in [0.25, 0.3) is 0 Å². The topological polar surface area (TPSA) is 52.0 Å². The van der Waals surface area contributed by atoms with Crippen LogP contribution in [0.2, 0.25) is 5.02 Å². The molecule has 2 N–H and O–H groups in total. The number of hydrogen-bond acceptors (Lipinski definition) is 3. The number of benzene rings is 2. The van der Waals surface area contributed by atoms with Gasteiger partial charge in [-0.3, -0.25) is 0 Å². The van der Waals surface area contributed by atoms with Crippen molar-refractivity contribution in [1.29, 1.82) is 0 Å². The van der Waals surface area contributed by atoms with Crippen molar-refractivity contribution in [3.63, 3.8) is 0 Å². The number of nitrogen functional groups attached to an aromatic ring is 1. The summed E-state index contributed by atoms with van der Waals surface area (Å²) in [6.45, 7) is 4.15. The van der Waals surface area contributed by atoms with Crippen molar-refractivity contribution in [2.24, 2.45) is 0 Å². The van der Waals surface area contributed by atoms with Gasteiger partial charge in [-0.25, -0.2) is 0 Å². The fraction of sp³-hybridized carbons (Fsp3) is 0.118. The molecule has 3 aromatic rings. The van der Waals surface area contributed by atoms with E-state index in [1.807, 2.05) is 30.3 Å². The van der Waals surface area contributed by atoms with E-state index in [0.717, 1.165) is 16.7 Å². The van der Waals surface area contributed by atoms with Gasteiger partial charge in [-0.2, -0.15) is 0 Å². The SMILES string of the molecule is Cc1ccc(-c2c(N)noc2-c2ccc(Cl)cc2)cc1C. The maximum absolute atomic E-state index is 6.00. The summed E-state index contributed by atoms with van der Waals surface area (Å²) in [7, 11) is 0. The number of nitrogens with two attached hydrogens (primary N) is 1. The van der Waals surface area contributed by atoms with Gasteiger partial charge < -0.3 is 10.3 Å². The molecule has 4 heteroatoms. The Hall–Kier alpha value is -2.26. The summed E-state index contributed by atoms with van der Waals surface area (Å²) in [5.41, 5.74) is 11.2. The molecule has 21 heavy (non-hydrogen) atoms. The molecule has 0 radical (unpaired) electrons. The number of halogens is 1. The van der Waals surface area contributed by atoms with Gasteiger partial charge in [0.05, 0.1) is 5.56 Å². The first-order chi connectivity index (χ1) is 10.1. The minimum Gasteiger partial charge on any atom is -0.380 e. The Labute approximate surface area is 128 Å². The van der Waals surface area contributed by atoms with E-state index >= 15 is 0 Å². The molecule has 3 nitrogen and oxygen atoms in total. The van der Waals surface area contributed by atoms with Crippen molar-refractivity contribution in [3.05, 3.63) is 58.6 Å². The Balaban J connectivity index is 2.16. The summed E-state index contributed by atoms with van der Waals surface area (Å²) in [4.78, 5) is 0. The van der Waals surface area contributed by atoms with Crippen LogP contribution in [0, 0.1) is 13.8 Å². The molecule has 0 atom stereocenters. The molecule has 0 unspecified atom stereocenters. The van der Waals surface area contributed by atoms with Crippen LogP contribution in [0.1, 0.15) is 11.1 Å². The van der Waals surface area contributed by atoms with Crippen LogP contribution in [-0.2, 0) is 0 Å². The molecule has 0 aliphatic rings. The molecular weight excluding hydrogens is 284 g/mol. The second kappa shape index (κ2) is 5.26. The van der Waals surface area contributed by atoms with E-state index in [9.17, 15) is 0 Å². The maximum Gasteiger partial charge on any atom is 0.176 e. The van der Waals surface area contributed by atoms with Crippen molar-refractivity contribution in [2.45, 2.75) is 13.8 Å². The minimum absolute atomic E-state index is 0.392. The Morgan fingerprint density at radius 3 is 2.29 bits per heavy atom. The van der Waals surface area contributed by atoms with Gasteiger partial charge in [-0.05, 0) is 54.8 Å². The van der Waals surface area contributed by atoms with Gasteiger partial charge in [0.15, 0.2) is 11.6 Å². The summed E-state index contributed by atoms with van der Waals surface area (Å²) in [6.07, 6.45) is 0. The molecule has 0 amide bonds. The summed E-state index contributed by atoms with van der Waals surface area (Å²) >= 11 is 5.93. The zero-order chi connectivity index (χ0) is 15.0. The lowest BCUT2D eigenvalue weighted by molar-refractivity contribution is 0.436. The normalized spacial score (nSPS) is 10.8. The van der Waals surface area contributed by atoms with Gasteiger partial charge >= 0.3 is 0 Å². The maximum atomic E-state index is 6.00. The Kier molecular flexibility index (Phi) is 3.43. The van der Waals surface area contributed by atoms with E-state index < -0.39 is 0 Å². The number of anilines is 1. The van der Waals surface area contributed by atoms with Crippen molar-refractivity contribution in [1.82, 2.24) is 5.16 Å². The molecule has 0 spiro atoms. The molecule has 3 rings (SSSR count). The zero-order valence-electron chi connectivity index (χ0n) is 11.9. The molecule has 0 saturated heterocycles. The predicted molar refractivity (Wildman–Crippen MR) is 86.3 cm³/mol. The quantitative estimate of drug-likeness (QED) is 0.735. The standard InChI is InChI=1S/C17H15ClN2O/c1-10-3-4-13(9-11(10)2)15-16(21-20-17(15)19)12-5-7-14(18)8-6-12/h3-9H,1-2H3,(H2,19,20). The van der Waals surface area contributed by atoms with Crippen LogP contribution >= 0.6 is 11.6 Å². The second-order valence-electron chi connectivity index (χ2n) is 5.08. The molecule has 0 aliphatic carbocycles. The fourth-order valence-corrected chi connectivity index (χ4v) is 2.40. The average Bonchev–Trinajstić information content (AvgIpc) is 2.85. The van der Waals surface area contributed by atoms with Crippen LogP contribution in [-0.4, -0.2) is 5.16 Å². The van der Waals surface area contributed by atoms with Gasteiger partial charge in [0.1, 0.15) is 0 Å². The first kappa shape index (κ1) is 13.7. The highest BCUT2D eigenvalue weighted by Crippen LogP contribution is 2.37. The molecule has 2 aromatic carbocycles. The van der Waals surface area contributed by atoms with E-state index in [1.165, 1.54) is 11.1 Å². The zero-order valence-corrected chi connectivity index (χ0v) is 12.6. The summed E-state index contributed by atoms with van der Waals surface area (Å²) in [6, 6.07) is 13.6. The van der Waals surface area contributed by atoms with Crippen molar-refractivity contribution < 1.29 is 4.52 Å². The van der Waals surface area contributed by atoms with E-state index in [2.05, 4.69) is 31.1 Å². The van der Waals surface area contributed by atoms with E-state index in [-0.39, 0.29) is 0 Å². The molecule has 0 aliphatic heterocycles. The predicted octanol–water partition coefficient (Wildman–Crippen LogP) is 4.86. The lowest BCUT2D eigenvalue weighted by Gasteiger charge is -2.06. The highest BCUT2D eigenvalue weighted by molar-refractivity contribution is 6.30. The minimum atomic E-state index is 0.392. The van der Waals surface area contributed by atoms with Gasteiger partial charge in [0, 0.05) is 10.6 Å². The molecule has 1 heterocycles. The third-order valence-corrected chi connectivity index (χ3v) is 3.87. The first-order valence-corrected chi connectivity index (χ1v) is 7.03. The monoisotopic (exact) mass is 298 g/mol. The van der Waals surface area contributed by atoms with Crippen LogP contribution in [0.25, 0.3) is 22.5 Å². The van der Waals surface area contributed by atoms with Crippen LogP contribution < -0.4 is 5.73 Å². The third kappa shape index (κ3) is 2.52. The summed E-state index contributed by atoms with van der Waals surface area (Å²) in [5.74, 6) is 1.05. The van der Waals surface area contributed by atoms with E-state index in [4.69, 9.17) is 21.9 Å². The van der Waals surface area contributed by atoms with Crippen molar-refractivity contribution in [2.75, 3.05) is 5.73 Å². The summed E-state index contributed by atoms with van der Waals surface area (Å²) < 4.78 is 5.43. The molecule has 1 aromatic heterocycles. The second-order valence-corrected chi connectivity index (χ2v) is 5.51. The molecule has 0 fully saturated rings. The number of aryl methyl sites for hydroxylation is 2. The fourth-order valence-electron chi connectivity index (χ4n) is 2.28. The Bertz CT molecular complexity index is 791. The van der Waals surface area contributed by atoms with Crippen LogP contribution in [0.5, 0.6) is 0 Å². The van der Waals surface area contributed by atoms with Crippen molar-refractivity contribution in [3.8, 4) is 22.5 Å². The van der Waals surface area contributed by atoms with E-state index in [1.54, 1.807) is 0 Å². The number of aromatic nitrogens is 1.